The molecule has 0 aromatic rings. The SMILES string of the molecule is CCOC=NC(C)C(=O)OCC. The molecule has 1 atom stereocenters. The summed E-state index contributed by atoms with van der Waals surface area (Å²) in [5, 5.41) is 0. The molecule has 0 saturated heterocycles. The van der Waals surface area contributed by atoms with Gasteiger partial charge in [-0.15, -0.1) is 0 Å². The predicted octanol–water partition coefficient (Wildman–Crippen LogP) is 1.00. The van der Waals surface area contributed by atoms with E-state index in [-0.39, 0.29) is 5.97 Å². The van der Waals surface area contributed by atoms with Crippen molar-refractivity contribution in [1.29, 1.82) is 0 Å². The third-order valence-corrected chi connectivity index (χ3v) is 1.15. The van der Waals surface area contributed by atoms with Gasteiger partial charge in [0.25, 0.3) is 0 Å². The van der Waals surface area contributed by atoms with Gasteiger partial charge in [0.05, 0.1) is 13.2 Å². The highest BCUT2D eigenvalue weighted by atomic mass is 16.5. The summed E-state index contributed by atoms with van der Waals surface area (Å²) in [6.45, 7) is 6.21. The summed E-state index contributed by atoms with van der Waals surface area (Å²) in [4.78, 5) is 14.8. The first-order valence-electron chi connectivity index (χ1n) is 4.02. The highest BCUT2D eigenvalue weighted by Gasteiger charge is 2.10. The van der Waals surface area contributed by atoms with Crippen LogP contribution in [0.4, 0.5) is 0 Å². The molecule has 0 aromatic heterocycles. The molecule has 4 heteroatoms. The lowest BCUT2D eigenvalue weighted by atomic mass is 10.4. The van der Waals surface area contributed by atoms with E-state index in [1.54, 1.807) is 13.8 Å². The molecule has 0 aliphatic rings. The van der Waals surface area contributed by atoms with Crippen LogP contribution >= 0.6 is 0 Å². The van der Waals surface area contributed by atoms with E-state index in [0.717, 1.165) is 0 Å². The molecule has 0 aliphatic heterocycles. The molecule has 0 rings (SSSR count). The molecule has 1 unspecified atom stereocenters. The zero-order chi connectivity index (χ0) is 9.40. The number of aliphatic imine (C=N–C) groups is 1. The molecule has 0 fully saturated rings. The molecule has 0 heterocycles. The normalized spacial score (nSPS) is 12.9. The lowest BCUT2D eigenvalue weighted by molar-refractivity contribution is -0.144. The van der Waals surface area contributed by atoms with Crippen LogP contribution in [0.1, 0.15) is 20.8 Å². The maximum absolute atomic E-state index is 10.9. The van der Waals surface area contributed by atoms with E-state index < -0.39 is 6.04 Å². The van der Waals surface area contributed by atoms with Gasteiger partial charge in [-0.25, -0.2) is 9.79 Å². The Morgan fingerprint density at radius 1 is 1.50 bits per heavy atom. The monoisotopic (exact) mass is 173 g/mol. The summed E-state index contributed by atoms with van der Waals surface area (Å²) >= 11 is 0. The van der Waals surface area contributed by atoms with Crippen molar-refractivity contribution >= 4 is 12.4 Å². The largest absolute Gasteiger partial charge is 0.484 e. The molecule has 0 aliphatic carbocycles. The Balaban J connectivity index is 3.69. The smallest absolute Gasteiger partial charge is 0.330 e. The fourth-order valence-corrected chi connectivity index (χ4v) is 0.533. The van der Waals surface area contributed by atoms with Crippen LogP contribution in [-0.4, -0.2) is 31.6 Å². The van der Waals surface area contributed by atoms with Crippen LogP contribution in [0.5, 0.6) is 0 Å². The molecule has 0 spiro atoms. The van der Waals surface area contributed by atoms with Crippen molar-refractivity contribution < 1.29 is 14.3 Å². The summed E-state index contributed by atoms with van der Waals surface area (Å²) in [6, 6.07) is -0.475. The lowest BCUT2D eigenvalue weighted by Crippen LogP contribution is -2.18. The van der Waals surface area contributed by atoms with Crippen molar-refractivity contribution in [2.24, 2.45) is 4.99 Å². The highest BCUT2D eigenvalue weighted by Crippen LogP contribution is 1.92. The molecule has 0 radical (unpaired) electrons. The van der Waals surface area contributed by atoms with Gasteiger partial charge in [0.15, 0.2) is 6.40 Å². The van der Waals surface area contributed by atoms with Crippen LogP contribution in [-0.2, 0) is 14.3 Å². The Morgan fingerprint density at radius 2 is 2.17 bits per heavy atom. The maximum Gasteiger partial charge on any atom is 0.330 e. The summed E-state index contributed by atoms with van der Waals surface area (Å²) in [5.74, 6) is -0.326. The summed E-state index contributed by atoms with van der Waals surface area (Å²) in [5.41, 5.74) is 0. The van der Waals surface area contributed by atoms with Gasteiger partial charge in [0.1, 0.15) is 6.04 Å². The summed E-state index contributed by atoms with van der Waals surface area (Å²) < 4.78 is 9.56. The van der Waals surface area contributed by atoms with Crippen molar-refractivity contribution in [2.75, 3.05) is 13.2 Å². The second-order valence-electron chi connectivity index (χ2n) is 2.14. The molecular formula is C8H15NO3. The van der Waals surface area contributed by atoms with Gasteiger partial charge in [0, 0.05) is 0 Å². The number of nitrogens with zero attached hydrogens (tertiary/aromatic N) is 1. The van der Waals surface area contributed by atoms with Gasteiger partial charge >= 0.3 is 5.97 Å². The summed E-state index contributed by atoms with van der Waals surface area (Å²) in [7, 11) is 0. The number of carbonyl (C=O) groups excluding carboxylic acids is 1. The first-order chi connectivity index (χ1) is 5.72. The van der Waals surface area contributed by atoms with Crippen LogP contribution in [0.3, 0.4) is 0 Å². The molecule has 70 valence electrons. The van der Waals surface area contributed by atoms with Gasteiger partial charge in [-0.1, -0.05) is 0 Å². The quantitative estimate of drug-likeness (QED) is 0.354. The van der Waals surface area contributed by atoms with E-state index in [1.165, 1.54) is 6.40 Å². The van der Waals surface area contributed by atoms with E-state index in [0.29, 0.717) is 13.2 Å². The Labute approximate surface area is 72.6 Å². The molecule has 4 nitrogen and oxygen atoms in total. The van der Waals surface area contributed by atoms with Gasteiger partial charge < -0.3 is 9.47 Å². The molecular weight excluding hydrogens is 158 g/mol. The maximum atomic E-state index is 10.9. The Morgan fingerprint density at radius 3 is 2.67 bits per heavy atom. The third kappa shape index (κ3) is 4.71. The first-order valence-corrected chi connectivity index (χ1v) is 4.02. The van der Waals surface area contributed by atoms with Crippen LogP contribution < -0.4 is 0 Å². The van der Waals surface area contributed by atoms with Crippen LogP contribution in [0.2, 0.25) is 0 Å². The summed E-state index contributed by atoms with van der Waals surface area (Å²) in [6.07, 6.45) is 1.28. The van der Waals surface area contributed by atoms with Crippen molar-refractivity contribution in [2.45, 2.75) is 26.8 Å². The second-order valence-corrected chi connectivity index (χ2v) is 2.14. The predicted molar refractivity (Wildman–Crippen MR) is 46.2 cm³/mol. The Hall–Kier alpha value is -1.06. The average Bonchev–Trinajstić information content (AvgIpc) is 2.05. The van der Waals surface area contributed by atoms with Crippen molar-refractivity contribution in [3.05, 3.63) is 0 Å². The first kappa shape index (κ1) is 10.9. The second kappa shape index (κ2) is 6.64. The van der Waals surface area contributed by atoms with Crippen LogP contribution in [0.15, 0.2) is 4.99 Å². The van der Waals surface area contributed by atoms with E-state index in [4.69, 9.17) is 9.47 Å². The number of ether oxygens (including phenoxy) is 2. The van der Waals surface area contributed by atoms with Crippen molar-refractivity contribution in [1.82, 2.24) is 0 Å². The van der Waals surface area contributed by atoms with Gasteiger partial charge in [0.2, 0.25) is 0 Å². The lowest BCUT2D eigenvalue weighted by Gasteiger charge is -2.04. The number of rotatable bonds is 5. The highest BCUT2D eigenvalue weighted by molar-refractivity contribution is 5.76. The molecule has 0 N–H and O–H groups in total. The molecule has 0 saturated carbocycles. The van der Waals surface area contributed by atoms with Crippen molar-refractivity contribution in [3.63, 3.8) is 0 Å². The number of esters is 1. The fraction of sp³-hybridized carbons (Fsp3) is 0.750. The minimum atomic E-state index is -0.475. The van der Waals surface area contributed by atoms with Gasteiger partial charge in [-0.2, -0.15) is 0 Å². The van der Waals surface area contributed by atoms with E-state index >= 15 is 0 Å². The van der Waals surface area contributed by atoms with Crippen LogP contribution in [0, 0.1) is 0 Å². The Kier molecular flexibility index (Phi) is 6.05. The zero-order valence-corrected chi connectivity index (χ0v) is 7.74. The molecule has 0 bridgehead atoms. The fourth-order valence-electron chi connectivity index (χ4n) is 0.533. The van der Waals surface area contributed by atoms with Crippen LogP contribution in [0.25, 0.3) is 0 Å². The molecule has 0 aromatic carbocycles. The molecule has 0 amide bonds. The van der Waals surface area contributed by atoms with E-state index in [1.807, 2.05) is 6.92 Å². The van der Waals surface area contributed by atoms with Gasteiger partial charge in [-0.05, 0) is 20.8 Å². The van der Waals surface area contributed by atoms with E-state index in [2.05, 4.69) is 4.99 Å². The minimum Gasteiger partial charge on any atom is -0.484 e. The molecule has 12 heavy (non-hydrogen) atoms. The number of hydrogen-bond donors (Lipinski definition) is 0. The van der Waals surface area contributed by atoms with E-state index in [9.17, 15) is 4.79 Å². The number of carbonyl (C=O) groups is 1. The van der Waals surface area contributed by atoms with Gasteiger partial charge in [-0.3, -0.25) is 0 Å². The topological polar surface area (TPSA) is 47.9 Å². The average molecular weight is 173 g/mol. The minimum absolute atomic E-state index is 0.326. The number of hydrogen-bond acceptors (Lipinski definition) is 4. The van der Waals surface area contributed by atoms with Crippen molar-refractivity contribution in [3.8, 4) is 0 Å². The Bertz CT molecular complexity index is 156. The zero-order valence-electron chi connectivity index (χ0n) is 7.74. The standard InChI is InChI=1S/C8H15NO3/c1-4-11-6-9-7(3)8(10)12-5-2/h6-7H,4-5H2,1-3H3. The third-order valence-electron chi connectivity index (χ3n) is 1.15.